The van der Waals surface area contributed by atoms with Gasteiger partial charge in [0.05, 0.1) is 23.0 Å². The molecule has 6 nitrogen and oxygen atoms in total. The number of carbonyl (C=O) groups excluding carboxylic acids is 2. The molecule has 0 aliphatic carbocycles. The smallest absolute Gasteiger partial charge is 0.270 e. The van der Waals surface area contributed by atoms with Crippen molar-refractivity contribution in [2.75, 3.05) is 18.6 Å². The number of ether oxygens (including phenoxy) is 2. The van der Waals surface area contributed by atoms with Crippen LogP contribution < -0.4 is 19.7 Å². The Balaban J connectivity index is 2.03. The quantitative estimate of drug-likeness (QED) is 0.266. The lowest BCUT2D eigenvalue weighted by Crippen LogP contribution is -2.54. The Bertz CT molecular complexity index is 1020. The molecule has 1 N–H and O–H groups in total. The van der Waals surface area contributed by atoms with E-state index in [9.17, 15) is 9.59 Å². The molecule has 0 saturated carbocycles. The molecular formula is C20H16ClIN2O4S. The highest BCUT2D eigenvalue weighted by Gasteiger charge is 2.34. The normalized spacial score (nSPS) is 15.5. The zero-order chi connectivity index (χ0) is 21.1. The fourth-order valence-corrected chi connectivity index (χ4v) is 4.03. The minimum atomic E-state index is -0.561. The monoisotopic (exact) mass is 542 g/mol. The maximum Gasteiger partial charge on any atom is 0.270 e. The molecule has 9 heteroatoms. The van der Waals surface area contributed by atoms with Crippen molar-refractivity contribution in [3.8, 4) is 11.5 Å². The Morgan fingerprint density at radius 2 is 1.93 bits per heavy atom. The van der Waals surface area contributed by atoms with Gasteiger partial charge in [0.15, 0.2) is 16.6 Å². The van der Waals surface area contributed by atoms with Gasteiger partial charge in [0, 0.05) is 5.02 Å². The van der Waals surface area contributed by atoms with E-state index in [1.54, 1.807) is 43.5 Å². The van der Waals surface area contributed by atoms with Gasteiger partial charge in [0.2, 0.25) is 0 Å². The molecule has 0 bridgehead atoms. The van der Waals surface area contributed by atoms with Crippen LogP contribution in [-0.2, 0) is 9.59 Å². The van der Waals surface area contributed by atoms with E-state index in [2.05, 4.69) is 27.9 Å². The molecule has 150 valence electrons. The molecule has 1 heterocycles. The first-order valence-corrected chi connectivity index (χ1v) is 10.4. The maximum absolute atomic E-state index is 13.1. The summed E-state index contributed by atoms with van der Waals surface area (Å²) in [6.07, 6.45) is 1.51. The van der Waals surface area contributed by atoms with Crippen molar-refractivity contribution in [3.05, 3.63) is 56.1 Å². The van der Waals surface area contributed by atoms with Crippen LogP contribution in [0.25, 0.3) is 6.08 Å². The summed E-state index contributed by atoms with van der Waals surface area (Å²) in [4.78, 5) is 26.8. The van der Waals surface area contributed by atoms with Crippen molar-refractivity contribution in [1.82, 2.24) is 5.32 Å². The minimum Gasteiger partial charge on any atom is -0.492 e. The van der Waals surface area contributed by atoms with Crippen LogP contribution >= 0.6 is 46.4 Å². The number of carbonyl (C=O) groups is 2. The predicted octanol–water partition coefficient (Wildman–Crippen LogP) is 4.18. The Morgan fingerprint density at radius 1 is 1.24 bits per heavy atom. The van der Waals surface area contributed by atoms with Crippen molar-refractivity contribution >= 4 is 75.1 Å². The van der Waals surface area contributed by atoms with Gasteiger partial charge in [-0.1, -0.05) is 11.6 Å². The summed E-state index contributed by atoms with van der Waals surface area (Å²) in [7, 11) is 1.56. The van der Waals surface area contributed by atoms with E-state index < -0.39 is 11.8 Å². The average molecular weight is 543 g/mol. The molecule has 3 rings (SSSR count). The standard InChI is InChI=1S/C20H16ClIN2O4S/c1-3-28-16-10-11(9-15(22)17(16)27-2)8-14-18(25)23-20(29)24(19(14)26)13-6-4-12(21)5-7-13/h4-10H,3H2,1-2H3,(H,23,25,29). The predicted molar refractivity (Wildman–Crippen MR) is 125 cm³/mol. The molecule has 1 saturated heterocycles. The third-order valence-corrected chi connectivity index (χ3v) is 5.37. The fourth-order valence-electron chi connectivity index (χ4n) is 2.78. The van der Waals surface area contributed by atoms with Gasteiger partial charge in [-0.2, -0.15) is 0 Å². The summed E-state index contributed by atoms with van der Waals surface area (Å²) in [5.41, 5.74) is 1.09. The van der Waals surface area contributed by atoms with Crippen molar-refractivity contribution in [3.63, 3.8) is 0 Å². The number of nitrogens with zero attached hydrogens (tertiary/aromatic N) is 1. The van der Waals surface area contributed by atoms with Crippen LogP contribution in [0.2, 0.25) is 5.02 Å². The molecule has 0 radical (unpaired) electrons. The van der Waals surface area contributed by atoms with Crippen LogP contribution in [0, 0.1) is 3.57 Å². The number of hydrogen-bond donors (Lipinski definition) is 1. The Hall–Kier alpha value is -2.17. The second-order valence-corrected chi connectivity index (χ2v) is 7.89. The van der Waals surface area contributed by atoms with Gasteiger partial charge in [-0.25, -0.2) is 0 Å². The van der Waals surface area contributed by atoms with Gasteiger partial charge in [-0.15, -0.1) is 0 Å². The molecule has 1 aliphatic heterocycles. The Labute approximate surface area is 191 Å². The third-order valence-electron chi connectivity index (χ3n) is 4.03. The molecule has 0 aromatic heterocycles. The summed E-state index contributed by atoms with van der Waals surface area (Å²) in [6.45, 7) is 2.31. The zero-order valence-electron chi connectivity index (χ0n) is 15.5. The van der Waals surface area contributed by atoms with Crippen LogP contribution in [0.4, 0.5) is 5.69 Å². The number of halogens is 2. The second kappa shape index (κ2) is 9.10. The summed E-state index contributed by atoms with van der Waals surface area (Å²) in [5, 5.41) is 3.10. The molecular weight excluding hydrogens is 527 g/mol. The van der Waals surface area contributed by atoms with Crippen LogP contribution in [0.1, 0.15) is 12.5 Å². The summed E-state index contributed by atoms with van der Waals surface area (Å²) in [5.74, 6) is 0.0411. The molecule has 1 aliphatic rings. The first-order valence-electron chi connectivity index (χ1n) is 8.53. The largest absolute Gasteiger partial charge is 0.492 e. The summed E-state index contributed by atoms with van der Waals surface area (Å²) < 4.78 is 11.8. The van der Waals surface area contributed by atoms with E-state index >= 15 is 0 Å². The molecule has 0 atom stereocenters. The first kappa shape index (κ1) is 21.5. The van der Waals surface area contributed by atoms with Gasteiger partial charge in [-0.3, -0.25) is 19.8 Å². The van der Waals surface area contributed by atoms with Gasteiger partial charge >= 0.3 is 0 Å². The summed E-state index contributed by atoms with van der Waals surface area (Å²) >= 11 is 13.2. The zero-order valence-corrected chi connectivity index (χ0v) is 19.2. The molecule has 29 heavy (non-hydrogen) atoms. The number of rotatable bonds is 5. The number of methoxy groups -OCH3 is 1. The lowest BCUT2D eigenvalue weighted by Gasteiger charge is -2.29. The minimum absolute atomic E-state index is 0.0128. The van der Waals surface area contributed by atoms with E-state index in [0.29, 0.717) is 34.4 Å². The van der Waals surface area contributed by atoms with Gasteiger partial charge in [-0.05, 0) is 89.8 Å². The van der Waals surface area contributed by atoms with E-state index in [1.165, 1.54) is 11.0 Å². The number of amides is 2. The Morgan fingerprint density at radius 3 is 2.55 bits per heavy atom. The molecule has 1 fully saturated rings. The van der Waals surface area contributed by atoms with E-state index in [0.717, 1.165) is 3.57 Å². The molecule has 2 aromatic rings. The Kier molecular flexibility index (Phi) is 6.76. The molecule has 2 amide bonds. The molecule has 0 spiro atoms. The highest BCUT2D eigenvalue weighted by Crippen LogP contribution is 2.35. The van der Waals surface area contributed by atoms with Crippen LogP contribution in [-0.4, -0.2) is 30.6 Å². The van der Waals surface area contributed by atoms with Crippen molar-refractivity contribution in [2.45, 2.75) is 6.92 Å². The number of anilines is 1. The van der Waals surface area contributed by atoms with Gasteiger partial charge < -0.3 is 9.47 Å². The van der Waals surface area contributed by atoms with E-state index in [1.807, 2.05) is 6.92 Å². The van der Waals surface area contributed by atoms with Crippen molar-refractivity contribution < 1.29 is 19.1 Å². The lowest BCUT2D eigenvalue weighted by atomic mass is 10.1. The first-order chi connectivity index (χ1) is 13.8. The molecule has 2 aromatic carbocycles. The number of benzene rings is 2. The van der Waals surface area contributed by atoms with Crippen molar-refractivity contribution in [2.24, 2.45) is 0 Å². The van der Waals surface area contributed by atoms with Crippen LogP contribution in [0.5, 0.6) is 11.5 Å². The van der Waals surface area contributed by atoms with Crippen LogP contribution in [0.15, 0.2) is 42.0 Å². The second-order valence-electron chi connectivity index (χ2n) is 5.90. The lowest BCUT2D eigenvalue weighted by molar-refractivity contribution is -0.122. The SMILES string of the molecule is CCOc1cc(C=C2C(=O)NC(=S)N(c3ccc(Cl)cc3)C2=O)cc(I)c1OC. The summed E-state index contributed by atoms with van der Waals surface area (Å²) in [6, 6.07) is 10.1. The van der Waals surface area contributed by atoms with Gasteiger partial charge in [0.25, 0.3) is 11.8 Å². The van der Waals surface area contributed by atoms with E-state index in [-0.39, 0.29) is 10.7 Å². The molecule has 0 unspecified atom stereocenters. The van der Waals surface area contributed by atoms with Gasteiger partial charge in [0.1, 0.15) is 5.57 Å². The highest BCUT2D eigenvalue weighted by atomic mass is 127. The number of thiocarbonyl (C=S) groups is 1. The van der Waals surface area contributed by atoms with Crippen molar-refractivity contribution in [1.29, 1.82) is 0 Å². The average Bonchev–Trinajstić information content (AvgIpc) is 2.67. The third kappa shape index (κ3) is 4.54. The van der Waals surface area contributed by atoms with Crippen LogP contribution in [0.3, 0.4) is 0 Å². The number of nitrogens with one attached hydrogen (secondary N) is 1. The fraction of sp³-hybridized carbons (Fsp3) is 0.150. The topological polar surface area (TPSA) is 67.9 Å². The highest BCUT2D eigenvalue weighted by molar-refractivity contribution is 14.1. The maximum atomic E-state index is 13.1. The number of hydrogen-bond acceptors (Lipinski definition) is 5. The van der Waals surface area contributed by atoms with E-state index in [4.69, 9.17) is 33.3 Å².